The Morgan fingerprint density at radius 2 is 1.65 bits per heavy atom. The minimum absolute atomic E-state index is 0.241. The van der Waals surface area contributed by atoms with Gasteiger partial charge < -0.3 is 14.3 Å². The largest absolute Gasteiger partial charge is 0.459 e. The molecule has 0 saturated heterocycles. The molecule has 3 heterocycles. The molecule has 0 saturated carbocycles. The van der Waals surface area contributed by atoms with Crippen molar-refractivity contribution in [2.45, 2.75) is 32.4 Å². The van der Waals surface area contributed by atoms with Gasteiger partial charge >= 0.3 is 0 Å². The van der Waals surface area contributed by atoms with E-state index in [4.69, 9.17) is 9.41 Å². The number of rotatable bonds is 3. The number of aryl methyl sites for hydroxylation is 1. The molecule has 1 N–H and O–H groups in total. The van der Waals surface area contributed by atoms with Crippen LogP contribution in [0.3, 0.4) is 0 Å². The zero-order valence-corrected chi connectivity index (χ0v) is 24.0. The van der Waals surface area contributed by atoms with Gasteiger partial charge in [0.25, 0.3) is 0 Å². The fraction of sp³-hybridized carbons (Fsp3) is 0.154. The quantitative estimate of drug-likeness (QED) is 0.235. The van der Waals surface area contributed by atoms with Crippen molar-refractivity contribution in [2.75, 3.05) is 0 Å². The summed E-state index contributed by atoms with van der Waals surface area (Å²) in [6.07, 6.45) is 13.9. The van der Waals surface area contributed by atoms with E-state index >= 15 is 0 Å². The van der Waals surface area contributed by atoms with Crippen molar-refractivity contribution in [3.8, 4) is 0 Å². The van der Waals surface area contributed by atoms with Crippen molar-refractivity contribution in [1.82, 2.24) is 9.88 Å². The molecule has 2 aliphatic carbocycles. The molecule has 0 radical (unpaired) electrons. The Morgan fingerprint density at radius 3 is 2.49 bits per heavy atom. The van der Waals surface area contributed by atoms with Crippen molar-refractivity contribution in [1.29, 1.82) is 0 Å². The third-order valence-electron chi connectivity index (χ3n) is 9.45. The van der Waals surface area contributed by atoms with Crippen LogP contribution in [0.15, 0.2) is 125 Å². The van der Waals surface area contributed by atoms with E-state index in [-0.39, 0.29) is 11.6 Å². The van der Waals surface area contributed by atoms with E-state index in [0.29, 0.717) is 0 Å². The normalized spacial score (nSPS) is 21.0. The summed E-state index contributed by atoms with van der Waals surface area (Å²) in [5.41, 5.74) is 6.66. The van der Waals surface area contributed by atoms with Gasteiger partial charge in [-0.15, -0.1) is 0 Å². The van der Waals surface area contributed by atoms with Crippen LogP contribution < -0.4 is 5.32 Å². The van der Waals surface area contributed by atoms with E-state index in [9.17, 15) is 0 Å². The second-order valence-electron chi connectivity index (χ2n) is 12.2. The van der Waals surface area contributed by atoms with Gasteiger partial charge in [-0.25, -0.2) is 4.99 Å². The van der Waals surface area contributed by atoms with Gasteiger partial charge in [0.05, 0.1) is 11.0 Å². The Balaban J connectivity index is 1.24. The first-order valence-electron chi connectivity index (χ1n) is 15.2. The van der Waals surface area contributed by atoms with E-state index in [2.05, 4.69) is 138 Å². The standard InChI is InChI=1S/C39H31N3O/c1-39(21-19-26(20-22-39)25-11-3-2-4-12-25)38-40-35-30-16-8-10-18-34(30)43-36(35)37(41-38)42-32-17-9-7-15-29(32)31-23-27-13-5-6-14-28(27)24-33(31)42/h2-9,11-17,19-21,23-24,37H,10,18,22H2,1H3,(H,40,41). The number of aromatic nitrogens is 1. The lowest BCUT2D eigenvalue weighted by molar-refractivity contribution is 0.388. The number of para-hydroxylation sites is 1. The third kappa shape index (κ3) is 3.72. The van der Waals surface area contributed by atoms with Gasteiger partial charge in [-0.3, -0.25) is 0 Å². The van der Waals surface area contributed by atoms with Crippen LogP contribution in [0.4, 0.5) is 5.69 Å². The molecule has 4 aromatic carbocycles. The van der Waals surface area contributed by atoms with Gasteiger partial charge in [0, 0.05) is 28.2 Å². The maximum absolute atomic E-state index is 6.72. The molecule has 9 rings (SSSR count). The average molecular weight is 558 g/mol. The molecule has 4 nitrogen and oxygen atoms in total. The summed E-state index contributed by atoms with van der Waals surface area (Å²) < 4.78 is 9.16. The summed E-state index contributed by atoms with van der Waals surface area (Å²) in [6.45, 7) is 2.29. The van der Waals surface area contributed by atoms with E-state index in [1.54, 1.807) is 0 Å². The summed E-state index contributed by atoms with van der Waals surface area (Å²) in [7, 11) is 0. The van der Waals surface area contributed by atoms with Crippen molar-refractivity contribution in [3.63, 3.8) is 0 Å². The number of benzene rings is 4. The van der Waals surface area contributed by atoms with Gasteiger partial charge in [0.15, 0.2) is 11.9 Å². The number of hydrogen-bond donors (Lipinski definition) is 1. The van der Waals surface area contributed by atoms with Crippen LogP contribution in [0.2, 0.25) is 0 Å². The van der Waals surface area contributed by atoms with Crippen LogP contribution in [0.1, 0.15) is 48.6 Å². The molecule has 4 heteroatoms. The minimum atomic E-state index is -0.289. The number of nitrogens with zero attached hydrogens (tertiary/aromatic N) is 2. The van der Waals surface area contributed by atoms with Crippen LogP contribution in [-0.2, 0) is 6.42 Å². The van der Waals surface area contributed by atoms with E-state index in [1.807, 2.05) is 0 Å². The summed E-state index contributed by atoms with van der Waals surface area (Å²) in [6, 6.07) is 32.6. The highest BCUT2D eigenvalue weighted by Gasteiger charge is 2.39. The number of fused-ring (bicyclic) bond motifs is 7. The van der Waals surface area contributed by atoms with Crippen LogP contribution >= 0.6 is 0 Å². The maximum atomic E-state index is 6.72. The van der Waals surface area contributed by atoms with E-state index < -0.39 is 0 Å². The van der Waals surface area contributed by atoms with Crippen molar-refractivity contribution >= 4 is 55.8 Å². The smallest absolute Gasteiger partial charge is 0.173 e. The number of nitrogens with one attached hydrogen (secondary N) is 1. The molecule has 6 aromatic rings. The Labute approximate surface area is 250 Å². The lowest BCUT2D eigenvalue weighted by Crippen LogP contribution is -2.44. The first-order valence-corrected chi connectivity index (χ1v) is 15.2. The number of amidine groups is 1. The van der Waals surface area contributed by atoms with Crippen LogP contribution in [0.5, 0.6) is 0 Å². The van der Waals surface area contributed by atoms with E-state index in [0.717, 1.165) is 47.9 Å². The first kappa shape index (κ1) is 24.5. The molecule has 1 aliphatic heterocycles. The lowest BCUT2D eigenvalue weighted by Gasteiger charge is -2.36. The lowest BCUT2D eigenvalue weighted by atomic mass is 9.79. The fourth-order valence-corrected chi connectivity index (χ4v) is 7.10. The second-order valence-corrected chi connectivity index (χ2v) is 12.2. The molecular formula is C39H31N3O. The molecule has 2 atom stereocenters. The number of hydrogen-bond acceptors (Lipinski definition) is 3. The summed E-state index contributed by atoms with van der Waals surface area (Å²) in [4.78, 5) is 5.35. The fourth-order valence-electron chi connectivity index (χ4n) is 7.10. The second kappa shape index (κ2) is 9.20. The summed E-state index contributed by atoms with van der Waals surface area (Å²) in [5.74, 6) is 2.89. The Kier molecular flexibility index (Phi) is 5.25. The van der Waals surface area contributed by atoms with Gasteiger partial charge in [0.2, 0.25) is 0 Å². The zero-order valence-electron chi connectivity index (χ0n) is 24.0. The molecule has 3 aliphatic rings. The number of furan rings is 1. The first-order chi connectivity index (χ1) is 21.2. The predicted octanol–water partition coefficient (Wildman–Crippen LogP) is 9.73. The van der Waals surface area contributed by atoms with Crippen molar-refractivity contribution < 1.29 is 4.42 Å². The van der Waals surface area contributed by atoms with E-state index in [1.165, 1.54) is 43.7 Å². The third-order valence-corrected chi connectivity index (χ3v) is 9.45. The minimum Gasteiger partial charge on any atom is -0.459 e. The molecule has 2 aromatic heterocycles. The van der Waals surface area contributed by atoms with Gasteiger partial charge in [-0.05, 0) is 59.9 Å². The molecule has 0 amide bonds. The molecule has 2 unspecified atom stereocenters. The van der Waals surface area contributed by atoms with Gasteiger partial charge in [-0.2, -0.15) is 0 Å². The van der Waals surface area contributed by atoms with Crippen LogP contribution in [0, 0.1) is 5.41 Å². The predicted molar refractivity (Wildman–Crippen MR) is 178 cm³/mol. The molecule has 0 fully saturated rings. The van der Waals surface area contributed by atoms with Gasteiger partial charge in [0.1, 0.15) is 17.3 Å². The highest BCUT2D eigenvalue weighted by atomic mass is 16.3. The number of allylic oxidation sites excluding steroid dienone is 4. The average Bonchev–Trinajstić information content (AvgIpc) is 3.59. The molecule has 0 bridgehead atoms. The molecule has 208 valence electrons. The Bertz CT molecular complexity index is 2210. The summed E-state index contributed by atoms with van der Waals surface area (Å²) >= 11 is 0. The Morgan fingerprint density at radius 1 is 0.860 bits per heavy atom. The Hall–Kier alpha value is -5.09. The zero-order chi connectivity index (χ0) is 28.5. The maximum Gasteiger partial charge on any atom is 0.173 e. The highest BCUT2D eigenvalue weighted by molar-refractivity contribution is 6.13. The van der Waals surface area contributed by atoms with Gasteiger partial charge in [-0.1, -0.05) is 103 Å². The molecule has 0 spiro atoms. The van der Waals surface area contributed by atoms with Crippen LogP contribution in [0.25, 0.3) is 44.2 Å². The SMILES string of the molecule is CC1(C2=Nc3c(oc4c3C=CCC4)C(n3c4ccccc4c4cc5ccccc5cc43)N2)C=CC(c2ccccc2)=CC1. The molecule has 43 heavy (non-hydrogen) atoms. The highest BCUT2D eigenvalue weighted by Crippen LogP contribution is 2.46. The topological polar surface area (TPSA) is 42.5 Å². The number of aliphatic imine (C=N–C) groups is 1. The monoisotopic (exact) mass is 557 g/mol. The van der Waals surface area contributed by atoms with Crippen molar-refractivity contribution in [3.05, 3.63) is 138 Å². The molecular weight excluding hydrogens is 526 g/mol. The van der Waals surface area contributed by atoms with Crippen LogP contribution in [-0.4, -0.2) is 10.4 Å². The van der Waals surface area contributed by atoms with Crippen molar-refractivity contribution in [2.24, 2.45) is 10.4 Å². The summed E-state index contributed by atoms with van der Waals surface area (Å²) in [5, 5.41) is 8.90.